The van der Waals surface area contributed by atoms with E-state index in [-0.39, 0.29) is 0 Å². The van der Waals surface area contributed by atoms with Gasteiger partial charge in [0.25, 0.3) is 0 Å². The van der Waals surface area contributed by atoms with Crippen LogP contribution >= 0.6 is 0 Å². The van der Waals surface area contributed by atoms with Crippen LogP contribution in [-0.4, -0.2) is 24.5 Å². The summed E-state index contributed by atoms with van der Waals surface area (Å²) >= 11 is 0. The Bertz CT molecular complexity index is 652. The maximum atomic E-state index is 5.85. The van der Waals surface area contributed by atoms with Crippen LogP contribution < -0.4 is 4.74 Å². The van der Waals surface area contributed by atoms with Crippen molar-refractivity contribution in [3.63, 3.8) is 0 Å². The van der Waals surface area contributed by atoms with Gasteiger partial charge in [0.15, 0.2) is 0 Å². The van der Waals surface area contributed by atoms with E-state index in [9.17, 15) is 0 Å². The third-order valence-corrected chi connectivity index (χ3v) is 4.82. The van der Waals surface area contributed by atoms with Gasteiger partial charge in [-0.25, -0.2) is 0 Å². The number of piperidine rings is 1. The van der Waals surface area contributed by atoms with Crippen LogP contribution in [0.2, 0.25) is 0 Å². The molecule has 1 fully saturated rings. The molecule has 0 aliphatic carbocycles. The molecular weight excluding hydrogens is 294 g/mol. The van der Waals surface area contributed by atoms with Crippen LogP contribution in [0.4, 0.5) is 0 Å². The van der Waals surface area contributed by atoms with Crippen LogP contribution in [0.1, 0.15) is 32.3 Å². The number of para-hydroxylation sites is 1. The van der Waals surface area contributed by atoms with Gasteiger partial charge in [0, 0.05) is 6.54 Å². The number of rotatable bonds is 5. The van der Waals surface area contributed by atoms with Gasteiger partial charge in [0.2, 0.25) is 0 Å². The van der Waals surface area contributed by atoms with Crippen molar-refractivity contribution in [1.29, 1.82) is 0 Å². The number of nitrogens with zero attached hydrogens (tertiary/aromatic N) is 1. The molecule has 24 heavy (non-hydrogen) atoms. The van der Waals surface area contributed by atoms with Gasteiger partial charge < -0.3 is 4.74 Å². The van der Waals surface area contributed by atoms with Crippen molar-refractivity contribution in [1.82, 2.24) is 4.90 Å². The fourth-order valence-corrected chi connectivity index (χ4v) is 3.04. The quantitative estimate of drug-likeness (QED) is 0.709. The molecule has 3 rings (SSSR count). The van der Waals surface area contributed by atoms with Gasteiger partial charge in [0.05, 0.1) is 0 Å². The van der Waals surface area contributed by atoms with Crippen molar-refractivity contribution >= 4 is 5.57 Å². The Morgan fingerprint density at radius 1 is 1.00 bits per heavy atom. The standard InChI is InChI=1S/C22H27NO/c1-18-12-15-23(16-13-18)17-14-19(2)20-8-10-22(11-9-20)24-21-6-4-3-5-7-21/h3-11,14,18H,12-13,15-17H2,1-2H3. The van der Waals surface area contributed by atoms with Crippen molar-refractivity contribution < 1.29 is 4.74 Å². The first-order chi connectivity index (χ1) is 11.7. The Morgan fingerprint density at radius 2 is 1.62 bits per heavy atom. The minimum absolute atomic E-state index is 0.872. The number of ether oxygens (including phenoxy) is 1. The van der Waals surface area contributed by atoms with Crippen molar-refractivity contribution in [2.24, 2.45) is 5.92 Å². The highest BCUT2D eigenvalue weighted by atomic mass is 16.5. The normalized spacial score (nSPS) is 17.0. The minimum atomic E-state index is 0.872. The number of hydrogen-bond donors (Lipinski definition) is 0. The largest absolute Gasteiger partial charge is 0.457 e. The Balaban J connectivity index is 1.57. The van der Waals surface area contributed by atoms with Gasteiger partial charge in [-0.2, -0.15) is 0 Å². The lowest BCUT2D eigenvalue weighted by atomic mass is 9.99. The Hall–Kier alpha value is -2.06. The fraction of sp³-hybridized carbons (Fsp3) is 0.364. The van der Waals surface area contributed by atoms with E-state index in [1.165, 1.54) is 37.1 Å². The monoisotopic (exact) mass is 321 g/mol. The minimum Gasteiger partial charge on any atom is -0.457 e. The van der Waals surface area contributed by atoms with Crippen LogP contribution in [0, 0.1) is 5.92 Å². The molecular formula is C22H27NO. The molecule has 2 aromatic carbocycles. The molecule has 1 aliphatic heterocycles. The number of likely N-dealkylation sites (tertiary alicyclic amines) is 1. The summed E-state index contributed by atoms with van der Waals surface area (Å²) in [5, 5.41) is 0. The molecule has 0 spiro atoms. The van der Waals surface area contributed by atoms with Gasteiger partial charge >= 0.3 is 0 Å². The molecule has 1 aliphatic rings. The molecule has 0 aromatic heterocycles. The maximum Gasteiger partial charge on any atom is 0.127 e. The predicted molar refractivity (Wildman–Crippen MR) is 101 cm³/mol. The van der Waals surface area contributed by atoms with Crippen LogP contribution in [0.3, 0.4) is 0 Å². The highest BCUT2D eigenvalue weighted by molar-refractivity contribution is 5.64. The first-order valence-electron chi connectivity index (χ1n) is 8.93. The zero-order chi connectivity index (χ0) is 16.8. The Morgan fingerprint density at radius 3 is 2.29 bits per heavy atom. The number of allylic oxidation sites excluding steroid dienone is 1. The third kappa shape index (κ3) is 4.72. The summed E-state index contributed by atoms with van der Waals surface area (Å²) in [5.41, 5.74) is 2.60. The molecule has 0 radical (unpaired) electrons. The summed E-state index contributed by atoms with van der Waals surface area (Å²) in [5.74, 6) is 2.64. The summed E-state index contributed by atoms with van der Waals surface area (Å²) < 4.78 is 5.85. The summed E-state index contributed by atoms with van der Waals surface area (Å²) in [6.07, 6.45) is 5.01. The summed E-state index contributed by atoms with van der Waals surface area (Å²) in [7, 11) is 0. The van der Waals surface area contributed by atoms with E-state index in [1.807, 2.05) is 42.5 Å². The fourth-order valence-electron chi connectivity index (χ4n) is 3.04. The van der Waals surface area contributed by atoms with Crippen molar-refractivity contribution in [2.45, 2.75) is 26.7 Å². The molecule has 2 aromatic rings. The highest BCUT2D eigenvalue weighted by Gasteiger charge is 2.14. The SMILES string of the molecule is CC(=CCN1CCC(C)CC1)c1ccc(Oc2ccccc2)cc1. The molecule has 0 unspecified atom stereocenters. The van der Waals surface area contributed by atoms with Crippen LogP contribution in [0.5, 0.6) is 11.5 Å². The lowest BCUT2D eigenvalue weighted by Gasteiger charge is -2.29. The van der Waals surface area contributed by atoms with E-state index in [0.717, 1.165) is 24.0 Å². The molecule has 0 atom stereocenters. The van der Waals surface area contributed by atoms with E-state index in [2.05, 4.69) is 37.0 Å². The van der Waals surface area contributed by atoms with E-state index < -0.39 is 0 Å². The average Bonchev–Trinajstić information content (AvgIpc) is 2.62. The second-order valence-electron chi connectivity index (χ2n) is 6.81. The summed E-state index contributed by atoms with van der Waals surface area (Å²) in [4.78, 5) is 2.55. The Labute approximate surface area is 145 Å². The van der Waals surface area contributed by atoms with Gasteiger partial charge in [-0.1, -0.05) is 43.3 Å². The Kier molecular flexibility index (Phi) is 5.71. The molecule has 1 saturated heterocycles. The highest BCUT2D eigenvalue weighted by Crippen LogP contribution is 2.24. The smallest absolute Gasteiger partial charge is 0.127 e. The first kappa shape index (κ1) is 16.8. The van der Waals surface area contributed by atoms with Gasteiger partial charge in [-0.05, 0) is 74.2 Å². The van der Waals surface area contributed by atoms with Crippen molar-refractivity contribution in [3.8, 4) is 11.5 Å². The van der Waals surface area contributed by atoms with Crippen LogP contribution in [0.15, 0.2) is 60.7 Å². The maximum absolute atomic E-state index is 5.85. The number of hydrogen-bond acceptors (Lipinski definition) is 2. The molecule has 126 valence electrons. The first-order valence-corrected chi connectivity index (χ1v) is 8.93. The van der Waals surface area contributed by atoms with Crippen molar-refractivity contribution in [2.75, 3.05) is 19.6 Å². The molecule has 2 nitrogen and oxygen atoms in total. The molecule has 0 saturated carbocycles. The average molecular weight is 321 g/mol. The van der Waals surface area contributed by atoms with Crippen LogP contribution in [0.25, 0.3) is 5.57 Å². The molecule has 2 heteroatoms. The van der Waals surface area contributed by atoms with Gasteiger partial charge in [0.1, 0.15) is 11.5 Å². The van der Waals surface area contributed by atoms with E-state index in [0.29, 0.717) is 0 Å². The summed E-state index contributed by atoms with van der Waals surface area (Å²) in [6, 6.07) is 18.3. The van der Waals surface area contributed by atoms with Crippen molar-refractivity contribution in [3.05, 3.63) is 66.2 Å². The second kappa shape index (κ2) is 8.16. The predicted octanol–water partition coefficient (Wildman–Crippen LogP) is 5.61. The van der Waals surface area contributed by atoms with E-state index >= 15 is 0 Å². The zero-order valence-corrected chi connectivity index (χ0v) is 14.7. The molecule has 0 N–H and O–H groups in total. The molecule has 0 amide bonds. The topological polar surface area (TPSA) is 12.5 Å². The molecule has 1 heterocycles. The number of benzene rings is 2. The lowest BCUT2D eigenvalue weighted by Crippen LogP contribution is -2.32. The summed E-state index contributed by atoms with van der Waals surface area (Å²) in [6.45, 7) is 8.07. The van der Waals surface area contributed by atoms with Crippen LogP contribution in [-0.2, 0) is 0 Å². The van der Waals surface area contributed by atoms with Gasteiger partial charge in [-0.3, -0.25) is 4.90 Å². The second-order valence-corrected chi connectivity index (χ2v) is 6.81. The lowest BCUT2D eigenvalue weighted by molar-refractivity contribution is 0.210. The van der Waals surface area contributed by atoms with E-state index in [1.54, 1.807) is 0 Å². The molecule has 0 bridgehead atoms. The zero-order valence-electron chi connectivity index (χ0n) is 14.7. The third-order valence-electron chi connectivity index (χ3n) is 4.82. The van der Waals surface area contributed by atoms with Gasteiger partial charge in [-0.15, -0.1) is 0 Å². The van der Waals surface area contributed by atoms with E-state index in [4.69, 9.17) is 4.74 Å².